The van der Waals surface area contributed by atoms with Crippen LogP contribution >= 0.6 is 11.3 Å². The minimum absolute atomic E-state index is 0.0924. The highest BCUT2D eigenvalue weighted by Crippen LogP contribution is 2.42. The van der Waals surface area contributed by atoms with Crippen molar-refractivity contribution >= 4 is 39.1 Å². The van der Waals surface area contributed by atoms with Gasteiger partial charge in [-0.15, -0.1) is 0 Å². The van der Waals surface area contributed by atoms with Crippen LogP contribution in [0.25, 0.3) is 21.8 Å². The van der Waals surface area contributed by atoms with Crippen molar-refractivity contribution in [1.29, 1.82) is 0 Å². The number of rotatable bonds is 6. The first-order valence-electron chi connectivity index (χ1n) is 9.98. The van der Waals surface area contributed by atoms with Crippen molar-refractivity contribution in [2.75, 3.05) is 41.7 Å². The van der Waals surface area contributed by atoms with Gasteiger partial charge in [0.05, 0.1) is 40.4 Å². The number of nitrogens with one attached hydrogen (secondary N) is 1. The predicted octanol–water partition coefficient (Wildman–Crippen LogP) is 3.06. The van der Waals surface area contributed by atoms with Gasteiger partial charge in [0.1, 0.15) is 11.0 Å². The van der Waals surface area contributed by atoms with Gasteiger partial charge in [-0.3, -0.25) is 0 Å². The fourth-order valence-electron chi connectivity index (χ4n) is 3.32. The molecule has 1 saturated carbocycles. The Morgan fingerprint density at radius 1 is 1.23 bits per heavy atom. The molecule has 2 fully saturated rings. The Bertz CT molecular complexity index is 1130. The topological polar surface area (TPSA) is 106 Å². The van der Waals surface area contributed by atoms with Gasteiger partial charge < -0.3 is 20.1 Å². The summed E-state index contributed by atoms with van der Waals surface area (Å²) >= 11 is 1.43. The molecule has 2 aromatic heterocycles. The highest BCUT2D eigenvalue weighted by Gasteiger charge is 2.30. The molecule has 1 atom stereocenters. The molecule has 0 radical (unpaired) electrons. The fourth-order valence-corrected chi connectivity index (χ4v) is 5.53. The van der Waals surface area contributed by atoms with Gasteiger partial charge in [-0.2, -0.15) is 0 Å². The maximum atomic E-state index is 15.5. The molecule has 0 spiro atoms. The van der Waals surface area contributed by atoms with Crippen LogP contribution in [0.2, 0.25) is 0 Å². The molecule has 162 valence electrons. The number of ether oxygens (including phenoxy) is 1. The number of nitrogens with two attached hydrogens (primary N) is 1. The smallest absolute Gasteiger partial charge is 0.220 e. The lowest BCUT2D eigenvalue weighted by molar-refractivity contribution is 0.122. The average molecular weight is 461 g/mol. The number of morpholine rings is 1. The van der Waals surface area contributed by atoms with Crippen LogP contribution in [-0.2, 0) is 15.7 Å². The summed E-state index contributed by atoms with van der Waals surface area (Å²) in [5.74, 6) is -0.348. The first kappa shape index (κ1) is 20.3. The molecule has 1 aliphatic heterocycles. The zero-order valence-electron chi connectivity index (χ0n) is 16.6. The lowest BCUT2D eigenvalue weighted by atomic mass is 10.1. The van der Waals surface area contributed by atoms with Crippen LogP contribution < -0.4 is 15.4 Å². The highest BCUT2D eigenvalue weighted by atomic mass is 32.2. The van der Waals surface area contributed by atoms with Gasteiger partial charge in [-0.05, 0) is 31.0 Å². The normalized spacial score (nSPS) is 17.5. The van der Waals surface area contributed by atoms with Crippen molar-refractivity contribution in [2.24, 2.45) is 0 Å². The van der Waals surface area contributed by atoms with Gasteiger partial charge in [0.15, 0.2) is 10.9 Å². The molecule has 0 amide bonds. The molecule has 3 heterocycles. The number of halogens is 1. The van der Waals surface area contributed by atoms with Crippen molar-refractivity contribution in [3.05, 3.63) is 36.3 Å². The minimum atomic E-state index is -1.30. The van der Waals surface area contributed by atoms with E-state index in [1.807, 2.05) is 0 Å². The molecule has 1 aromatic carbocycles. The van der Waals surface area contributed by atoms with Crippen LogP contribution in [0.3, 0.4) is 0 Å². The van der Waals surface area contributed by atoms with Gasteiger partial charge in [0.25, 0.3) is 0 Å². The fraction of sp³-hybridized carbons (Fsp3) is 0.350. The van der Waals surface area contributed by atoms with E-state index in [1.54, 1.807) is 30.5 Å². The molecule has 5 rings (SSSR count). The van der Waals surface area contributed by atoms with E-state index in [-0.39, 0.29) is 16.9 Å². The van der Waals surface area contributed by atoms with Gasteiger partial charge in [-0.1, -0.05) is 17.4 Å². The molecule has 3 N–H and O–H groups in total. The van der Waals surface area contributed by atoms with Crippen molar-refractivity contribution in [3.63, 3.8) is 0 Å². The molecule has 1 saturated heterocycles. The number of nitrogens with zero attached hydrogens (tertiary/aromatic N) is 4. The van der Waals surface area contributed by atoms with Crippen LogP contribution in [0, 0.1) is 5.82 Å². The van der Waals surface area contributed by atoms with E-state index in [4.69, 9.17) is 15.5 Å². The number of hydrogen-bond acceptors (Lipinski definition) is 8. The number of aromatic nitrogens is 3. The first-order chi connectivity index (χ1) is 15.1. The molecule has 31 heavy (non-hydrogen) atoms. The Morgan fingerprint density at radius 2 is 2.03 bits per heavy atom. The van der Waals surface area contributed by atoms with Crippen LogP contribution in [0.4, 0.5) is 21.2 Å². The number of hydrogen-bond donors (Lipinski definition) is 2. The summed E-state index contributed by atoms with van der Waals surface area (Å²) in [4.78, 5) is 15.9. The van der Waals surface area contributed by atoms with Crippen molar-refractivity contribution < 1.29 is 13.3 Å². The van der Waals surface area contributed by atoms with Crippen LogP contribution in [0.15, 0.2) is 30.5 Å². The van der Waals surface area contributed by atoms with E-state index in [1.165, 1.54) is 11.3 Å². The van der Waals surface area contributed by atoms with E-state index >= 15 is 4.39 Å². The zero-order chi connectivity index (χ0) is 21.4. The Morgan fingerprint density at radius 3 is 2.77 bits per heavy atom. The highest BCUT2D eigenvalue weighted by molar-refractivity contribution is 7.87. The van der Waals surface area contributed by atoms with Crippen molar-refractivity contribution in [3.8, 4) is 21.8 Å². The zero-order valence-corrected chi connectivity index (χ0v) is 18.2. The van der Waals surface area contributed by atoms with Crippen molar-refractivity contribution in [2.45, 2.75) is 18.1 Å². The van der Waals surface area contributed by atoms with Gasteiger partial charge in [0.2, 0.25) is 5.95 Å². The summed E-state index contributed by atoms with van der Waals surface area (Å²) in [7, 11) is -1.30. The second-order valence-corrected chi connectivity index (χ2v) is 9.78. The van der Waals surface area contributed by atoms with E-state index in [2.05, 4.69) is 19.6 Å². The molecule has 11 heteroatoms. The lowest BCUT2D eigenvalue weighted by Gasteiger charge is -2.26. The third-order valence-electron chi connectivity index (χ3n) is 5.10. The first-order valence-corrected chi connectivity index (χ1v) is 12.0. The Labute approximate surface area is 185 Å². The van der Waals surface area contributed by atoms with Gasteiger partial charge in [0, 0.05) is 24.8 Å². The summed E-state index contributed by atoms with van der Waals surface area (Å²) in [6.45, 7) is 2.66. The van der Waals surface area contributed by atoms with E-state index in [0.717, 1.165) is 18.0 Å². The van der Waals surface area contributed by atoms with E-state index < -0.39 is 16.8 Å². The Kier molecular flexibility index (Phi) is 5.55. The number of benzene rings is 1. The number of nitrogen functional groups attached to an aromatic ring is 1. The minimum Gasteiger partial charge on any atom is -0.378 e. The van der Waals surface area contributed by atoms with E-state index in [9.17, 15) is 4.21 Å². The standard InChI is InChI=1S/C20H21FN6O2S2/c21-16-13(2-1-3-14(16)26-31(28)12-4-5-12)17-18(15-6-7-23-19(22)24-15)30-20(25-17)27-8-10-29-11-9-27/h1-3,6-7,12,26H,4-5,8-11H2,(H2,22,23,24). The average Bonchev–Trinajstić information content (AvgIpc) is 3.55. The second-order valence-electron chi connectivity index (χ2n) is 7.34. The quantitative estimate of drug-likeness (QED) is 0.582. The van der Waals surface area contributed by atoms with Crippen LogP contribution in [0.1, 0.15) is 12.8 Å². The van der Waals surface area contributed by atoms with Crippen molar-refractivity contribution in [1.82, 2.24) is 15.0 Å². The third-order valence-corrected chi connectivity index (χ3v) is 7.73. The molecule has 1 aliphatic carbocycles. The molecular formula is C20H21FN6O2S2. The summed E-state index contributed by atoms with van der Waals surface area (Å²) in [6, 6.07) is 6.73. The Balaban J connectivity index is 1.58. The summed E-state index contributed by atoms with van der Waals surface area (Å²) in [6.07, 6.45) is 3.37. The Hall–Kier alpha value is -2.63. The monoisotopic (exact) mass is 460 g/mol. The van der Waals surface area contributed by atoms with Crippen LogP contribution in [0.5, 0.6) is 0 Å². The van der Waals surface area contributed by atoms with Gasteiger partial charge >= 0.3 is 0 Å². The molecule has 0 bridgehead atoms. The third kappa shape index (κ3) is 4.25. The van der Waals surface area contributed by atoms with Crippen LogP contribution in [-0.4, -0.2) is 50.7 Å². The lowest BCUT2D eigenvalue weighted by Crippen LogP contribution is -2.36. The molecule has 8 nitrogen and oxygen atoms in total. The number of thiazole rings is 1. The maximum absolute atomic E-state index is 15.5. The number of anilines is 3. The summed E-state index contributed by atoms with van der Waals surface area (Å²) in [5, 5.41) is 0.861. The summed E-state index contributed by atoms with van der Waals surface area (Å²) < 4.78 is 36.0. The molecule has 1 unspecified atom stereocenters. The maximum Gasteiger partial charge on any atom is 0.220 e. The SMILES string of the molecule is Nc1nccc(-c2sc(N3CCOCC3)nc2-c2cccc(NS(=O)C3CC3)c2F)n1. The van der Waals surface area contributed by atoms with Gasteiger partial charge in [-0.25, -0.2) is 23.6 Å². The predicted molar refractivity (Wildman–Crippen MR) is 121 cm³/mol. The summed E-state index contributed by atoms with van der Waals surface area (Å²) in [5.41, 5.74) is 7.38. The molecule has 3 aromatic rings. The second kappa shape index (κ2) is 8.48. The van der Waals surface area contributed by atoms with E-state index in [0.29, 0.717) is 48.1 Å². The largest absolute Gasteiger partial charge is 0.378 e. The molecular weight excluding hydrogens is 439 g/mol. The molecule has 2 aliphatic rings.